The lowest BCUT2D eigenvalue weighted by Crippen LogP contribution is -2.10. The van der Waals surface area contributed by atoms with Gasteiger partial charge in [0.25, 0.3) is 0 Å². The van der Waals surface area contributed by atoms with Crippen LogP contribution in [0.5, 0.6) is 0 Å². The van der Waals surface area contributed by atoms with Gasteiger partial charge in [-0.2, -0.15) is 5.10 Å². The van der Waals surface area contributed by atoms with E-state index >= 15 is 0 Å². The number of aliphatic hydroxyl groups is 1. The molecule has 0 saturated heterocycles. The molecule has 0 atom stereocenters. The molecule has 1 aromatic heterocycles. The Balaban J connectivity index is 2.31. The van der Waals surface area contributed by atoms with E-state index in [2.05, 4.69) is 10.4 Å². The van der Waals surface area contributed by atoms with Gasteiger partial charge in [-0.05, 0) is 19.8 Å². The van der Waals surface area contributed by atoms with E-state index < -0.39 is 0 Å². The maximum absolute atomic E-state index is 11.4. The highest BCUT2D eigenvalue weighted by molar-refractivity contribution is 5.90. The number of unbranched alkanes of at least 4 members (excludes halogenated alkanes) is 1. The molecule has 1 aromatic rings. The van der Waals surface area contributed by atoms with Gasteiger partial charge in [0.2, 0.25) is 5.91 Å². The quantitative estimate of drug-likeness (QED) is 0.690. The monoisotopic (exact) mass is 211 g/mol. The first-order valence-corrected chi connectivity index (χ1v) is 5.19. The molecule has 1 amide bonds. The number of hydrogen-bond acceptors (Lipinski definition) is 3. The van der Waals surface area contributed by atoms with Gasteiger partial charge in [-0.1, -0.05) is 0 Å². The zero-order valence-electron chi connectivity index (χ0n) is 8.94. The van der Waals surface area contributed by atoms with Crippen LogP contribution in [0, 0.1) is 0 Å². The smallest absolute Gasteiger partial charge is 0.224 e. The zero-order valence-corrected chi connectivity index (χ0v) is 8.94. The van der Waals surface area contributed by atoms with E-state index in [-0.39, 0.29) is 12.5 Å². The van der Waals surface area contributed by atoms with E-state index in [1.165, 1.54) is 0 Å². The number of amides is 1. The summed E-state index contributed by atoms with van der Waals surface area (Å²) in [6.45, 7) is 2.92. The molecule has 5 nitrogen and oxygen atoms in total. The lowest BCUT2D eigenvalue weighted by atomic mass is 10.2. The summed E-state index contributed by atoms with van der Waals surface area (Å²) in [5.74, 6) is -0.0286. The lowest BCUT2D eigenvalue weighted by molar-refractivity contribution is -0.116. The van der Waals surface area contributed by atoms with E-state index in [9.17, 15) is 4.79 Å². The molecule has 0 unspecified atom stereocenters. The van der Waals surface area contributed by atoms with Gasteiger partial charge in [-0.3, -0.25) is 9.48 Å². The third-order valence-electron chi connectivity index (χ3n) is 2.05. The highest BCUT2D eigenvalue weighted by Gasteiger charge is 2.03. The number of aliphatic hydroxyl groups excluding tert-OH is 1. The van der Waals surface area contributed by atoms with Crippen molar-refractivity contribution in [3.05, 3.63) is 12.4 Å². The summed E-state index contributed by atoms with van der Waals surface area (Å²) in [5.41, 5.74) is 0.728. The molecule has 84 valence electrons. The average Bonchev–Trinajstić information content (AvgIpc) is 2.66. The first-order chi connectivity index (χ1) is 7.26. The van der Waals surface area contributed by atoms with E-state index in [0.717, 1.165) is 12.2 Å². The highest BCUT2D eigenvalue weighted by Crippen LogP contribution is 2.06. The molecule has 0 aliphatic carbocycles. The van der Waals surface area contributed by atoms with Gasteiger partial charge in [0.15, 0.2) is 0 Å². The summed E-state index contributed by atoms with van der Waals surface area (Å²) in [7, 11) is 0. The number of anilines is 1. The van der Waals surface area contributed by atoms with Crippen molar-refractivity contribution in [2.24, 2.45) is 0 Å². The maximum atomic E-state index is 11.4. The van der Waals surface area contributed by atoms with Gasteiger partial charge in [-0.25, -0.2) is 0 Å². The Hall–Kier alpha value is -1.36. The molecule has 0 aliphatic rings. The van der Waals surface area contributed by atoms with Crippen molar-refractivity contribution in [3.63, 3.8) is 0 Å². The number of nitrogens with zero attached hydrogens (tertiary/aromatic N) is 2. The Morgan fingerprint density at radius 1 is 1.60 bits per heavy atom. The standard InChI is InChI=1S/C10H17N3O2/c1-2-13-8-9(7-11-13)12-10(15)5-3-4-6-14/h7-8,14H,2-6H2,1H3,(H,12,15). The van der Waals surface area contributed by atoms with Crippen molar-refractivity contribution >= 4 is 11.6 Å². The van der Waals surface area contributed by atoms with Gasteiger partial charge in [0.05, 0.1) is 11.9 Å². The molecule has 0 fully saturated rings. The Morgan fingerprint density at radius 3 is 3.00 bits per heavy atom. The number of rotatable bonds is 6. The number of nitrogens with one attached hydrogen (secondary N) is 1. The molecule has 2 N–H and O–H groups in total. The number of carbonyl (C=O) groups is 1. The first kappa shape index (κ1) is 11.7. The van der Waals surface area contributed by atoms with E-state index in [0.29, 0.717) is 19.3 Å². The van der Waals surface area contributed by atoms with E-state index in [1.807, 2.05) is 6.92 Å². The van der Waals surface area contributed by atoms with Crippen LogP contribution in [0.15, 0.2) is 12.4 Å². The molecule has 0 spiro atoms. The second-order valence-electron chi connectivity index (χ2n) is 3.31. The van der Waals surface area contributed by atoms with Crippen LogP contribution in [0.1, 0.15) is 26.2 Å². The minimum atomic E-state index is -0.0286. The summed E-state index contributed by atoms with van der Waals surface area (Å²) in [5, 5.41) is 15.4. The van der Waals surface area contributed by atoms with Gasteiger partial charge < -0.3 is 10.4 Å². The fourth-order valence-electron chi connectivity index (χ4n) is 1.22. The second kappa shape index (κ2) is 6.19. The Morgan fingerprint density at radius 2 is 2.40 bits per heavy atom. The normalized spacial score (nSPS) is 10.3. The molecular formula is C10H17N3O2. The highest BCUT2D eigenvalue weighted by atomic mass is 16.2. The van der Waals surface area contributed by atoms with Crippen molar-refractivity contribution < 1.29 is 9.90 Å². The largest absolute Gasteiger partial charge is 0.396 e. The molecule has 0 radical (unpaired) electrons. The third-order valence-corrected chi connectivity index (χ3v) is 2.05. The molecular weight excluding hydrogens is 194 g/mol. The van der Waals surface area contributed by atoms with Crippen LogP contribution < -0.4 is 5.32 Å². The molecule has 15 heavy (non-hydrogen) atoms. The summed E-state index contributed by atoms with van der Waals surface area (Å²) in [6, 6.07) is 0. The molecule has 1 heterocycles. The van der Waals surface area contributed by atoms with Crippen LogP contribution in [0.2, 0.25) is 0 Å². The van der Waals surface area contributed by atoms with E-state index in [1.54, 1.807) is 17.1 Å². The fourth-order valence-corrected chi connectivity index (χ4v) is 1.22. The Labute approximate surface area is 89.1 Å². The SMILES string of the molecule is CCn1cc(NC(=O)CCCCO)cn1. The maximum Gasteiger partial charge on any atom is 0.224 e. The Kier molecular flexibility index (Phi) is 4.83. The molecule has 0 bridgehead atoms. The molecule has 0 aromatic carbocycles. The third kappa shape index (κ3) is 4.12. The summed E-state index contributed by atoms with van der Waals surface area (Å²) >= 11 is 0. The van der Waals surface area contributed by atoms with E-state index in [4.69, 9.17) is 5.11 Å². The van der Waals surface area contributed by atoms with Crippen LogP contribution >= 0.6 is 0 Å². The summed E-state index contributed by atoms with van der Waals surface area (Å²) in [4.78, 5) is 11.4. The molecule has 0 saturated carbocycles. The first-order valence-electron chi connectivity index (χ1n) is 5.19. The van der Waals surface area contributed by atoms with Gasteiger partial charge >= 0.3 is 0 Å². The molecule has 1 rings (SSSR count). The van der Waals surface area contributed by atoms with Crippen molar-refractivity contribution in [2.45, 2.75) is 32.7 Å². The summed E-state index contributed by atoms with van der Waals surface area (Å²) < 4.78 is 1.75. The number of hydrogen-bond donors (Lipinski definition) is 2. The van der Waals surface area contributed by atoms with Gasteiger partial charge in [-0.15, -0.1) is 0 Å². The van der Waals surface area contributed by atoms with Crippen LogP contribution in [-0.2, 0) is 11.3 Å². The summed E-state index contributed by atoms with van der Waals surface area (Å²) in [6.07, 6.45) is 5.25. The molecule has 5 heteroatoms. The predicted molar refractivity (Wildman–Crippen MR) is 57.5 cm³/mol. The average molecular weight is 211 g/mol. The van der Waals surface area contributed by atoms with Gasteiger partial charge in [0.1, 0.15) is 0 Å². The lowest BCUT2D eigenvalue weighted by Gasteiger charge is -2.00. The van der Waals surface area contributed by atoms with Crippen LogP contribution in [0.4, 0.5) is 5.69 Å². The zero-order chi connectivity index (χ0) is 11.1. The van der Waals surface area contributed by atoms with Crippen molar-refractivity contribution in [2.75, 3.05) is 11.9 Å². The van der Waals surface area contributed by atoms with Crippen molar-refractivity contribution in [1.29, 1.82) is 0 Å². The minimum Gasteiger partial charge on any atom is -0.396 e. The number of aryl methyl sites for hydroxylation is 1. The number of carbonyl (C=O) groups excluding carboxylic acids is 1. The van der Waals surface area contributed by atoms with Crippen LogP contribution in [-0.4, -0.2) is 27.4 Å². The van der Waals surface area contributed by atoms with Gasteiger partial charge in [0, 0.05) is 25.8 Å². The Bertz CT molecular complexity index is 309. The van der Waals surface area contributed by atoms with Crippen LogP contribution in [0.3, 0.4) is 0 Å². The second-order valence-corrected chi connectivity index (χ2v) is 3.31. The topological polar surface area (TPSA) is 67.2 Å². The van der Waals surface area contributed by atoms with Crippen molar-refractivity contribution in [1.82, 2.24) is 9.78 Å². The van der Waals surface area contributed by atoms with Crippen molar-refractivity contribution in [3.8, 4) is 0 Å². The van der Waals surface area contributed by atoms with Crippen LogP contribution in [0.25, 0.3) is 0 Å². The molecule has 0 aliphatic heterocycles. The number of aromatic nitrogens is 2. The fraction of sp³-hybridized carbons (Fsp3) is 0.600. The minimum absolute atomic E-state index is 0.0286. The predicted octanol–water partition coefficient (Wildman–Crippen LogP) is 1.00.